The number of allylic oxidation sites excluding steroid dienone is 1. The fraction of sp³-hybridized carbons (Fsp3) is 0.250. The van der Waals surface area contributed by atoms with Gasteiger partial charge in [0.2, 0.25) is 0 Å². The van der Waals surface area contributed by atoms with Gasteiger partial charge in [0.1, 0.15) is 11.7 Å². The number of carbonyl (C=O) groups is 1. The Morgan fingerprint density at radius 1 is 1.06 bits per heavy atom. The molecule has 0 aromatic heterocycles. The standard InChI is InChI=1S/C20H13Cl3F6O3/c1-2-32-16(9-3-4-11(18(30)31)13(5-9)20(27,28)29)8-12(19(24,25)26)10-6-14(21)17(23)15(22)7-10/h3-8,12H,2H2,1H3,(H,30,31). The number of alkyl halides is 6. The SMILES string of the molecule is CCOC(=CC(c1cc(Cl)c(Cl)c(Cl)c1)C(F)(F)F)c1ccc(C(=O)O)c(C(F)(F)F)c1. The van der Waals surface area contributed by atoms with Gasteiger partial charge in [0, 0.05) is 5.56 Å². The Morgan fingerprint density at radius 2 is 1.62 bits per heavy atom. The number of hydrogen-bond acceptors (Lipinski definition) is 2. The summed E-state index contributed by atoms with van der Waals surface area (Å²) in [6.45, 7) is 1.24. The van der Waals surface area contributed by atoms with Crippen molar-refractivity contribution in [2.24, 2.45) is 0 Å². The lowest BCUT2D eigenvalue weighted by Crippen LogP contribution is -2.20. The second kappa shape index (κ2) is 9.80. The zero-order valence-corrected chi connectivity index (χ0v) is 18.2. The molecule has 174 valence electrons. The molecule has 0 aliphatic heterocycles. The van der Waals surface area contributed by atoms with Crippen molar-refractivity contribution in [3.05, 3.63) is 73.7 Å². The Bertz CT molecular complexity index is 1020. The van der Waals surface area contributed by atoms with Crippen LogP contribution < -0.4 is 0 Å². The number of rotatable bonds is 6. The smallest absolute Gasteiger partial charge is 0.417 e. The topological polar surface area (TPSA) is 46.5 Å². The molecular weight excluding hydrogens is 509 g/mol. The molecule has 0 aliphatic carbocycles. The monoisotopic (exact) mass is 520 g/mol. The molecular formula is C20H13Cl3F6O3. The number of aromatic carboxylic acids is 1. The molecule has 0 heterocycles. The van der Waals surface area contributed by atoms with E-state index in [0.717, 1.165) is 18.2 Å². The minimum atomic E-state index is -5.07. The summed E-state index contributed by atoms with van der Waals surface area (Å²) in [6, 6.07) is 3.85. The lowest BCUT2D eigenvalue weighted by molar-refractivity contribution is -0.140. The van der Waals surface area contributed by atoms with Crippen LogP contribution in [0, 0.1) is 0 Å². The molecule has 0 spiro atoms. The fourth-order valence-electron chi connectivity index (χ4n) is 2.79. The van der Waals surface area contributed by atoms with Crippen molar-refractivity contribution in [1.29, 1.82) is 0 Å². The molecule has 3 nitrogen and oxygen atoms in total. The van der Waals surface area contributed by atoms with E-state index in [-0.39, 0.29) is 21.7 Å². The van der Waals surface area contributed by atoms with E-state index in [1.54, 1.807) is 0 Å². The van der Waals surface area contributed by atoms with Crippen molar-refractivity contribution in [2.45, 2.75) is 25.2 Å². The Hall–Kier alpha value is -2.10. The molecule has 1 atom stereocenters. The third-order valence-corrected chi connectivity index (χ3v) is 5.37. The minimum absolute atomic E-state index is 0.161. The number of halogens is 9. The maximum Gasteiger partial charge on any atom is 0.417 e. The molecule has 0 aliphatic rings. The van der Waals surface area contributed by atoms with Crippen LogP contribution in [0.1, 0.15) is 39.9 Å². The summed E-state index contributed by atoms with van der Waals surface area (Å²) in [5.74, 6) is -4.76. The van der Waals surface area contributed by atoms with E-state index in [9.17, 15) is 31.1 Å². The molecule has 32 heavy (non-hydrogen) atoms. The molecule has 0 fully saturated rings. The Labute approximate surface area is 193 Å². The molecule has 12 heteroatoms. The number of ether oxygens (including phenoxy) is 1. The minimum Gasteiger partial charge on any atom is -0.494 e. The fourth-order valence-corrected chi connectivity index (χ4v) is 3.40. The molecule has 2 aromatic carbocycles. The van der Waals surface area contributed by atoms with E-state index in [2.05, 4.69) is 0 Å². The van der Waals surface area contributed by atoms with Gasteiger partial charge in [0.15, 0.2) is 0 Å². The number of carboxylic acids is 1. The highest BCUT2D eigenvalue weighted by atomic mass is 35.5. The summed E-state index contributed by atoms with van der Waals surface area (Å²) >= 11 is 17.4. The van der Waals surface area contributed by atoms with Gasteiger partial charge in [0.25, 0.3) is 0 Å². The first-order valence-corrected chi connectivity index (χ1v) is 9.80. The maximum atomic E-state index is 13.8. The summed E-state index contributed by atoms with van der Waals surface area (Å²) < 4.78 is 86.7. The molecule has 2 aromatic rings. The molecule has 0 bridgehead atoms. The quantitative estimate of drug-likeness (QED) is 0.237. The van der Waals surface area contributed by atoms with Crippen LogP contribution in [0.3, 0.4) is 0 Å². The Balaban J connectivity index is 2.72. The second-order valence-corrected chi connectivity index (χ2v) is 7.54. The van der Waals surface area contributed by atoms with Gasteiger partial charge in [-0.3, -0.25) is 0 Å². The Morgan fingerprint density at radius 3 is 2.06 bits per heavy atom. The van der Waals surface area contributed by atoms with Crippen molar-refractivity contribution in [1.82, 2.24) is 0 Å². The van der Waals surface area contributed by atoms with Crippen molar-refractivity contribution in [2.75, 3.05) is 6.61 Å². The van der Waals surface area contributed by atoms with Gasteiger partial charge >= 0.3 is 18.3 Å². The number of benzene rings is 2. The predicted molar refractivity (Wildman–Crippen MR) is 108 cm³/mol. The van der Waals surface area contributed by atoms with Gasteiger partial charge in [-0.25, -0.2) is 4.79 Å². The van der Waals surface area contributed by atoms with Crippen LogP contribution in [-0.4, -0.2) is 23.9 Å². The third-order valence-electron chi connectivity index (χ3n) is 4.18. The summed E-state index contributed by atoms with van der Waals surface area (Å²) in [5.41, 5.74) is -3.41. The van der Waals surface area contributed by atoms with Gasteiger partial charge in [-0.1, -0.05) is 40.9 Å². The lowest BCUT2D eigenvalue weighted by atomic mass is 9.95. The molecule has 0 saturated carbocycles. The first-order valence-electron chi connectivity index (χ1n) is 8.67. The molecule has 0 saturated heterocycles. The van der Waals surface area contributed by atoms with Gasteiger partial charge < -0.3 is 9.84 Å². The van der Waals surface area contributed by atoms with Crippen LogP contribution in [0.5, 0.6) is 0 Å². The van der Waals surface area contributed by atoms with Crippen molar-refractivity contribution in [3.63, 3.8) is 0 Å². The largest absolute Gasteiger partial charge is 0.494 e. The summed E-state index contributed by atoms with van der Waals surface area (Å²) in [5, 5.41) is 8.35. The van der Waals surface area contributed by atoms with Crippen molar-refractivity contribution < 1.29 is 41.0 Å². The van der Waals surface area contributed by atoms with E-state index in [1.807, 2.05) is 0 Å². The van der Waals surface area contributed by atoms with Crippen LogP contribution in [0.2, 0.25) is 15.1 Å². The Kier molecular flexibility index (Phi) is 8.01. The highest BCUT2D eigenvalue weighted by Gasteiger charge is 2.41. The van der Waals surface area contributed by atoms with Crippen LogP contribution >= 0.6 is 34.8 Å². The van der Waals surface area contributed by atoms with Crippen molar-refractivity contribution >= 4 is 46.5 Å². The highest BCUT2D eigenvalue weighted by molar-refractivity contribution is 6.48. The van der Waals surface area contributed by atoms with Gasteiger partial charge in [-0.15, -0.1) is 0 Å². The van der Waals surface area contributed by atoms with Gasteiger partial charge in [0.05, 0.1) is 32.8 Å². The number of hydrogen-bond donors (Lipinski definition) is 1. The van der Waals surface area contributed by atoms with Crippen LogP contribution in [0.25, 0.3) is 5.76 Å². The van der Waals surface area contributed by atoms with Crippen molar-refractivity contribution in [3.8, 4) is 0 Å². The summed E-state index contributed by atoms with van der Waals surface area (Å²) in [6.07, 6.45) is -9.41. The highest BCUT2D eigenvalue weighted by Crippen LogP contribution is 2.42. The van der Waals surface area contributed by atoms with Crippen LogP contribution in [0.15, 0.2) is 36.4 Å². The first kappa shape index (κ1) is 26.2. The van der Waals surface area contributed by atoms with E-state index in [1.165, 1.54) is 6.92 Å². The van der Waals surface area contributed by atoms with Gasteiger partial charge in [-0.2, -0.15) is 26.3 Å². The normalized spacial score (nSPS) is 13.8. The average Bonchev–Trinajstić information content (AvgIpc) is 2.66. The van der Waals surface area contributed by atoms with E-state index >= 15 is 0 Å². The van der Waals surface area contributed by atoms with Gasteiger partial charge in [-0.05, 0) is 42.8 Å². The summed E-state index contributed by atoms with van der Waals surface area (Å²) in [7, 11) is 0. The molecule has 1 N–H and O–H groups in total. The van der Waals surface area contributed by atoms with Crippen LogP contribution in [-0.2, 0) is 10.9 Å². The lowest BCUT2D eigenvalue weighted by Gasteiger charge is -2.21. The molecule has 0 amide bonds. The average molecular weight is 522 g/mol. The van der Waals surface area contributed by atoms with Crippen LogP contribution in [0.4, 0.5) is 26.3 Å². The maximum absolute atomic E-state index is 13.8. The number of carboxylic acid groups (broad SMARTS) is 1. The van der Waals surface area contributed by atoms with E-state index in [4.69, 9.17) is 44.6 Å². The molecule has 1 unspecified atom stereocenters. The second-order valence-electron chi connectivity index (χ2n) is 6.35. The van der Waals surface area contributed by atoms with E-state index in [0.29, 0.717) is 18.2 Å². The third kappa shape index (κ3) is 6.02. The zero-order valence-electron chi connectivity index (χ0n) is 15.9. The molecule has 0 radical (unpaired) electrons. The summed E-state index contributed by atoms with van der Waals surface area (Å²) in [4.78, 5) is 11.1. The van der Waals surface area contributed by atoms with E-state index < -0.39 is 52.3 Å². The predicted octanol–water partition coefficient (Wildman–Crippen LogP) is 8.09. The first-order chi connectivity index (χ1) is 14.7. The zero-order chi connectivity index (χ0) is 24.4. The molecule has 2 rings (SSSR count).